The van der Waals surface area contributed by atoms with Crippen LogP contribution < -0.4 is 10.1 Å². The first-order chi connectivity index (χ1) is 13.0. The molecule has 0 saturated carbocycles. The summed E-state index contributed by atoms with van der Waals surface area (Å²) in [4.78, 5) is 17.5. The van der Waals surface area contributed by atoms with Crippen molar-refractivity contribution in [2.24, 2.45) is 0 Å². The van der Waals surface area contributed by atoms with Gasteiger partial charge in [0.05, 0.1) is 0 Å². The number of benzene rings is 2. The van der Waals surface area contributed by atoms with Gasteiger partial charge in [-0.05, 0) is 49.9 Å². The summed E-state index contributed by atoms with van der Waals surface area (Å²) < 4.78 is 5.60. The zero-order chi connectivity index (χ0) is 19.2. The van der Waals surface area contributed by atoms with Gasteiger partial charge in [0.15, 0.2) is 6.61 Å². The van der Waals surface area contributed by atoms with E-state index in [1.807, 2.05) is 55.5 Å². The van der Waals surface area contributed by atoms with Crippen LogP contribution in [-0.2, 0) is 4.79 Å². The fourth-order valence-corrected chi connectivity index (χ4v) is 3.25. The van der Waals surface area contributed by atoms with Crippen molar-refractivity contribution in [1.82, 2.24) is 9.80 Å². The van der Waals surface area contributed by atoms with E-state index in [9.17, 15) is 4.79 Å². The number of nitrogens with zero attached hydrogens (tertiary/aromatic N) is 2. The summed E-state index contributed by atoms with van der Waals surface area (Å²) in [6.07, 6.45) is 0. The predicted molar refractivity (Wildman–Crippen MR) is 113 cm³/mol. The Labute approximate surface area is 165 Å². The second-order valence-electron chi connectivity index (χ2n) is 6.77. The smallest absolute Gasteiger partial charge is 0.262 e. The van der Waals surface area contributed by atoms with Crippen molar-refractivity contribution in [2.75, 3.05) is 45.2 Å². The molecule has 0 atom stereocenters. The number of nitrogens with one attached hydrogen (secondary N) is 1. The number of thiocarbonyl (C=S) groups is 1. The molecule has 5 nitrogen and oxygen atoms in total. The molecule has 2 aromatic carbocycles. The highest BCUT2D eigenvalue weighted by Crippen LogP contribution is 2.16. The lowest BCUT2D eigenvalue weighted by Crippen LogP contribution is -2.46. The number of hydrogen-bond donors (Lipinski definition) is 1. The van der Waals surface area contributed by atoms with Crippen LogP contribution in [0.5, 0.6) is 5.75 Å². The lowest BCUT2D eigenvalue weighted by molar-refractivity contribution is -0.118. The SMILES string of the molecule is Cc1ccccc1NC(=O)COc1ccc(C(=S)N2CCN(C)CC2)cc1. The van der Waals surface area contributed by atoms with E-state index in [-0.39, 0.29) is 12.5 Å². The number of hydrogen-bond acceptors (Lipinski definition) is 4. The molecule has 3 rings (SSSR count). The predicted octanol–water partition coefficient (Wildman–Crippen LogP) is 2.94. The molecule has 6 heteroatoms. The highest BCUT2D eigenvalue weighted by Gasteiger charge is 2.17. The van der Waals surface area contributed by atoms with Crippen LogP contribution in [0, 0.1) is 6.92 Å². The van der Waals surface area contributed by atoms with Crippen LogP contribution in [0.25, 0.3) is 0 Å². The van der Waals surface area contributed by atoms with E-state index < -0.39 is 0 Å². The topological polar surface area (TPSA) is 44.8 Å². The van der Waals surface area contributed by atoms with E-state index in [1.165, 1.54) is 0 Å². The molecule has 0 aromatic heterocycles. The van der Waals surface area contributed by atoms with Crippen molar-refractivity contribution in [1.29, 1.82) is 0 Å². The minimum Gasteiger partial charge on any atom is -0.484 e. The fraction of sp³-hybridized carbons (Fsp3) is 0.333. The molecule has 0 spiro atoms. The Morgan fingerprint density at radius 3 is 2.41 bits per heavy atom. The van der Waals surface area contributed by atoms with Gasteiger partial charge >= 0.3 is 0 Å². The van der Waals surface area contributed by atoms with Gasteiger partial charge in [-0.15, -0.1) is 0 Å². The molecule has 1 heterocycles. The summed E-state index contributed by atoms with van der Waals surface area (Å²) >= 11 is 5.62. The van der Waals surface area contributed by atoms with Crippen LogP contribution in [0.1, 0.15) is 11.1 Å². The number of amides is 1. The number of rotatable bonds is 5. The van der Waals surface area contributed by atoms with Gasteiger partial charge < -0.3 is 19.9 Å². The third-order valence-electron chi connectivity index (χ3n) is 4.68. The molecule has 1 aliphatic heterocycles. The van der Waals surface area contributed by atoms with Crippen LogP contribution in [0.2, 0.25) is 0 Å². The van der Waals surface area contributed by atoms with Crippen LogP contribution in [0.15, 0.2) is 48.5 Å². The number of anilines is 1. The summed E-state index contributed by atoms with van der Waals surface area (Å²) in [6, 6.07) is 15.3. The second-order valence-corrected chi connectivity index (χ2v) is 7.16. The summed E-state index contributed by atoms with van der Waals surface area (Å²) in [5.74, 6) is 0.473. The third kappa shape index (κ3) is 5.28. The highest BCUT2D eigenvalue weighted by molar-refractivity contribution is 7.80. The number of aryl methyl sites for hydroxylation is 1. The first-order valence-electron chi connectivity index (χ1n) is 9.09. The van der Waals surface area contributed by atoms with Gasteiger partial charge in [-0.3, -0.25) is 4.79 Å². The van der Waals surface area contributed by atoms with Crippen LogP contribution in [0.3, 0.4) is 0 Å². The molecule has 142 valence electrons. The van der Waals surface area contributed by atoms with Gasteiger partial charge in [-0.1, -0.05) is 30.4 Å². The molecule has 1 amide bonds. The van der Waals surface area contributed by atoms with Gasteiger partial charge in [-0.25, -0.2) is 0 Å². The number of piperazine rings is 1. The molecule has 0 aliphatic carbocycles. The number of carbonyl (C=O) groups excluding carboxylic acids is 1. The minimum atomic E-state index is -0.179. The Hall–Kier alpha value is -2.44. The number of likely N-dealkylation sites (N-methyl/N-ethyl adjacent to an activating group) is 1. The normalized spacial score (nSPS) is 14.7. The number of carbonyl (C=O) groups is 1. The molecule has 1 aliphatic rings. The lowest BCUT2D eigenvalue weighted by atomic mass is 10.2. The average Bonchev–Trinajstić information content (AvgIpc) is 2.69. The first-order valence-corrected chi connectivity index (χ1v) is 9.50. The fourth-order valence-electron chi connectivity index (χ4n) is 2.93. The zero-order valence-electron chi connectivity index (χ0n) is 15.8. The van der Waals surface area contributed by atoms with Gasteiger partial charge in [-0.2, -0.15) is 0 Å². The van der Waals surface area contributed by atoms with E-state index in [2.05, 4.69) is 22.2 Å². The first kappa shape index (κ1) is 19.3. The summed E-state index contributed by atoms with van der Waals surface area (Å²) in [5, 5.41) is 2.86. The van der Waals surface area contributed by atoms with E-state index in [0.717, 1.165) is 48.0 Å². The molecule has 0 bridgehead atoms. The van der Waals surface area contributed by atoms with E-state index in [1.54, 1.807) is 0 Å². The van der Waals surface area contributed by atoms with Crippen LogP contribution in [0.4, 0.5) is 5.69 Å². The Bertz CT molecular complexity index is 799. The van der Waals surface area contributed by atoms with Gasteiger partial charge in [0.2, 0.25) is 0 Å². The van der Waals surface area contributed by atoms with Gasteiger partial charge in [0.25, 0.3) is 5.91 Å². The largest absolute Gasteiger partial charge is 0.484 e. The quantitative estimate of drug-likeness (QED) is 0.805. The molecular formula is C21H25N3O2S. The Balaban J connectivity index is 1.51. The Kier molecular flexibility index (Phi) is 6.42. The van der Waals surface area contributed by atoms with Crippen LogP contribution >= 0.6 is 12.2 Å². The standard InChI is InChI=1S/C21H25N3O2S/c1-16-5-3-4-6-19(16)22-20(25)15-26-18-9-7-17(8-10-18)21(27)24-13-11-23(2)12-14-24/h3-10H,11-15H2,1-2H3,(H,22,25). The molecule has 2 aromatic rings. The number of ether oxygens (including phenoxy) is 1. The summed E-state index contributed by atoms with van der Waals surface area (Å²) in [7, 11) is 2.13. The maximum atomic E-state index is 12.1. The highest BCUT2D eigenvalue weighted by atomic mass is 32.1. The Morgan fingerprint density at radius 2 is 1.74 bits per heavy atom. The molecule has 0 unspecified atom stereocenters. The maximum absolute atomic E-state index is 12.1. The maximum Gasteiger partial charge on any atom is 0.262 e. The molecule has 27 heavy (non-hydrogen) atoms. The zero-order valence-corrected chi connectivity index (χ0v) is 16.6. The second kappa shape index (κ2) is 8.97. The number of para-hydroxylation sites is 1. The monoisotopic (exact) mass is 383 g/mol. The Morgan fingerprint density at radius 1 is 1.07 bits per heavy atom. The van der Waals surface area contributed by atoms with Gasteiger partial charge in [0, 0.05) is 37.4 Å². The molecule has 1 N–H and O–H groups in total. The average molecular weight is 384 g/mol. The summed E-state index contributed by atoms with van der Waals surface area (Å²) in [5.41, 5.74) is 2.83. The third-order valence-corrected chi connectivity index (χ3v) is 5.17. The van der Waals surface area contributed by atoms with Gasteiger partial charge in [0.1, 0.15) is 10.7 Å². The van der Waals surface area contributed by atoms with Crippen molar-refractivity contribution in [2.45, 2.75) is 6.92 Å². The molecule has 1 saturated heterocycles. The van der Waals surface area contributed by atoms with E-state index >= 15 is 0 Å². The minimum absolute atomic E-state index is 0.0312. The van der Waals surface area contributed by atoms with E-state index in [0.29, 0.717) is 5.75 Å². The molecule has 0 radical (unpaired) electrons. The lowest BCUT2D eigenvalue weighted by Gasteiger charge is -2.34. The molecular weight excluding hydrogens is 358 g/mol. The van der Waals surface area contributed by atoms with Crippen molar-refractivity contribution >= 4 is 28.8 Å². The van der Waals surface area contributed by atoms with Crippen molar-refractivity contribution < 1.29 is 9.53 Å². The van der Waals surface area contributed by atoms with Crippen molar-refractivity contribution in [3.8, 4) is 5.75 Å². The van der Waals surface area contributed by atoms with E-state index in [4.69, 9.17) is 17.0 Å². The van der Waals surface area contributed by atoms with Crippen molar-refractivity contribution in [3.63, 3.8) is 0 Å². The molecule has 1 fully saturated rings. The van der Waals surface area contributed by atoms with Crippen molar-refractivity contribution in [3.05, 3.63) is 59.7 Å². The van der Waals surface area contributed by atoms with Crippen LogP contribution in [-0.4, -0.2) is 60.5 Å². The summed E-state index contributed by atoms with van der Waals surface area (Å²) in [6.45, 7) is 5.88.